The fourth-order valence-electron chi connectivity index (χ4n) is 1.35. The first-order valence-corrected chi connectivity index (χ1v) is 5.98. The van der Waals surface area contributed by atoms with Crippen molar-refractivity contribution in [2.45, 2.75) is 19.4 Å². The summed E-state index contributed by atoms with van der Waals surface area (Å²) in [6, 6.07) is 6.27. The summed E-state index contributed by atoms with van der Waals surface area (Å²) in [6.45, 7) is 3.59. The molecule has 0 saturated carbocycles. The topological polar surface area (TPSA) is 78.8 Å². The number of nitrogens with one attached hydrogen (secondary N) is 1. The van der Waals surface area contributed by atoms with Crippen molar-refractivity contribution >= 4 is 5.97 Å². The molecule has 0 aliphatic heterocycles. The molecule has 1 atom stereocenters. The molecule has 100 valence electrons. The fraction of sp³-hybridized carbons (Fsp3) is 0.462. The molecule has 1 aromatic rings. The summed E-state index contributed by atoms with van der Waals surface area (Å²) in [5.41, 5.74) is 0.242. The number of carboxylic acid groups (broad SMARTS) is 1. The van der Waals surface area contributed by atoms with Crippen LogP contribution in [0.25, 0.3) is 0 Å². The van der Waals surface area contributed by atoms with Gasteiger partial charge in [0.25, 0.3) is 0 Å². The van der Waals surface area contributed by atoms with E-state index in [4.69, 9.17) is 9.84 Å². The predicted octanol–water partition coefficient (Wildman–Crippen LogP) is 1.12. The van der Waals surface area contributed by atoms with Gasteiger partial charge in [-0.3, -0.25) is 0 Å². The number of hydrogen-bond donors (Lipinski definition) is 3. The van der Waals surface area contributed by atoms with E-state index < -0.39 is 5.97 Å². The average molecular weight is 253 g/mol. The van der Waals surface area contributed by atoms with Crippen molar-refractivity contribution in [3.05, 3.63) is 29.8 Å². The summed E-state index contributed by atoms with van der Waals surface area (Å²) >= 11 is 0. The third kappa shape index (κ3) is 5.16. The van der Waals surface area contributed by atoms with Gasteiger partial charge in [0.15, 0.2) is 0 Å². The zero-order valence-electron chi connectivity index (χ0n) is 10.4. The van der Waals surface area contributed by atoms with Crippen molar-refractivity contribution in [1.29, 1.82) is 0 Å². The molecule has 0 bridgehead atoms. The summed E-state index contributed by atoms with van der Waals surface area (Å²) in [4.78, 5) is 10.6. The Labute approximate surface area is 106 Å². The molecule has 0 amide bonds. The van der Waals surface area contributed by atoms with Crippen LogP contribution in [0.3, 0.4) is 0 Å². The van der Waals surface area contributed by atoms with Crippen molar-refractivity contribution in [1.82, 2.24) is 5.32 Å². The molecule has 0 radical (unpaired) electrons. The van der Waals surface area contributed by atoms with E-state index in [9.17, 15) is 9.90 Å². The predicted molar refractivity (Wildman–Crippen MR) is 68.1 cm³/mol. The fourth-order valence-corrected chi connectivity index (χ4v) is 1.35. The van der Waals surface area contributed by atoms with Crippen LogP contribution in [-0.2, 0) is 0 Å². The Kier molecular flexibility index (Phi) is 6.18. The maximum Gasteiger partial charge on any atom is 0.335 e. The maximum atomic E-state index is 10.6. The molecule has 0 aliphatic rings. The van der Waals surface area contributed by atoms with Gasteiger partial charge in [0.05, 0.1) is 11.7 Å². The summed E-state index contributed by atoms with van der Waals surface area (Å²) in [5, 5.41) is 21.1. The minimum Gasteiger partial charge on any atom is -0.492 e. The van der Waals surface area contributed by atoms with E-state index in [0.29, 0.717) is 25.4 Å². The van der Waals surface area contributed by atoms with Gasteiger partial charge in [-0.25, -0.2) is 4.79 Å². The molecule has 18 heavy (non-hydrogen) atoms. The number of rotatable bonds is 8. The molecule has 1 unspecified atom stereocenters. The first-order chi connectivity index (χ1) is 8.63. The van der Waals surface area contributed by atoms with Crippen LogP contribution in [-0.4, -0.2) is 42.0 Å². The van der Waals surface area contributed by atoms with E-state index in [1.54, 1.807) is 12.1 Å². The third-order valence-electron chi connectivity index (χ3n) is 2.50. The first kappa shape index (κ1) is 14.5. The van der Waals surface area contributed by atoms with Gasteiger partial charge < -0.3 is 20.3 Å². The lowest BCUT2D eigenvalue weighted by atomic mass is 10.2. The zero-order chi connectivity index (χ0) is 13.4. The van der Waals surface area contributed by atoms with E-state index in [1.165, 1.54) is 12.1 Å². The van der Waals surface area contributed by atoms with Crippen LogP contribution in [0.15, 0.2) is 24.3 Å². The average Bonchev–Trinajstić information content (AvgIpc) is 2.38. The van der Waals surface area contributed by atoms with E-state index in [-0.39, 0.29) is 11.7 Å². The summed E-state index contributed by atoms with van der Waals surface area (Å²) in [7, 11) is 0. The van der Waals surface area contributed by atoms with Crippen molar-refractivity contribution < 1.29 is 19.7 Å². The Hall–Kier alpha value is -1.59. The molecule has 5 heteroatoms. The molecule has 0 aliphatic carbocycles. The van der Waals surface area contributed by atoms with Gasteiger partial charge in [0, 0.05) is 13.1 Å². The Bertz CT molecular complexity index is 364. The van der Waals surface area contributed by atoms with E-state index >= 15 is 0 Å². The lowest BCUT2D eigenvalue weighted by Crippen LogP contribution is -2.29. The van der Waals surface area contributed by atoms with E-state index in [2.05, 4.69) is 5.32 Å². The molecule has 3 N–H and O–H groups in total. The number of aliphatic hydroxyl groups is 1. The summed E-state index contributed by atoms with van der Waals surface area (Å²) < 4.78 is 5.42. The number of hydrogen-bond acceptors (Lipinski definition) is 4. The molecule has 0 aromatic heterocycles. The summed E-state index contributed by atoms with van der Waals surface area (Å²) in [6.07, 6.45) is 0.407. The van der Waals surface area contributed by atoms with Crippen LogP contribution in [0, 0.1) is 0 Å². The largest absolute Gasteiger partial charge is 0.492 e. The smallest absolute Gasteiger partial charge is 0.335 e. The van der Waals surface area contributed by atoms with Crippen molar-refractivity contribution in [3.63, 3.8) is 0 Å². The standard InChI is InChI=1S/C13H19NO4/c1-2-11(15)9-14-7-8-18-12-5-3-10(4-6-12)13(16)17/h3-6,11,14-15H,2,7-9H2,1H3,(H,16,17). The molecule has 5 nitrogen and oxygen atoms in total. The highest BCUT2D eigenvalue weighted by atomic mass is 16.5. The Morgan fingerprint density at radius 1 is 1.39 bits per heavy atom. The van der Waals surface area contributed by atoms with Crippen LogP contribution in [0.4, 0.5) is 0 Å². The number of ether oxygens (including phenoxy) is 1. The Morgan fingerprint density at radius 2 is 2.06 bits per heavy atom. The second kappa shape index (κ2) is 7.68. The molecule has 0 heterocycles. The van der Waals surface area contributed by atoms with Gasteiger partial charge in [-0.15, -0.1) is 0 Å². The Balaban J connectivity index is 2.21. The molecule has 0 saturated heterocycles. The first-order valence-electron chi connectivity index (χ1n) is 5.98. The van der Waals surface area contributed by atoms with Crippen molar-refractivity contribution in [3.8, 4) is 5.75 Å². The Morgan fingerprint density at radius 3 is 2.61 bits per heavy atom. The van der Waals surface area contributed by atoms with Gasteiger partial charge in [0.1, 0.15) is 12.4 Å². The normalized spacial score (nSPS) is 12.1. The highest BCUT2D eigenvalue weighted by Gasteiger charge is 2.02. The number of aromatic carboxylic acids is 1. The second-order valence-electron chi connectivity index (χ2n) is 3.94. The van der Waals surface area contributed by atoms with Crippen LogP contribution in [0.2, 0.25) is 0 Å². The molecule has 1 aromatic carbocycles. The third-order valence-corrected chi connectivity index (χ3v) is 2.50. The van der Waals surface area contributed by atoms with E-state index in [0.717, 1.165) is 6.42 Å². The number of benzene rings is 1. The lowest BCUT2D eigenvalue weighted by molar-refractivity contribution is 0.0697. The molecule has 0 spiro atoms. The highest BCUT2D eigenvalue weighted by Crippen LogP contribution is 2.11. The lowest BCUT2D eigenvalue weighted by Gasteiger charge is -2.10. The van der Waals surface area contributed by atoms with E-state index in [1.807, 2.05) is 6.92 Å². The summed E-state index contributed by atoms with van der Waals surface area (Å²) in [5.74, 6) is -0.311. The van der Waals surface area contributed by atoms with Crippen LogP contribution in [0.1, 0.15) is 23.7 Å². The van der Waals surface area contributed by atoms with Gasteiger partial charge in [0.2, 0.25) is 0 Å². The maximum absolute atomic E-state index is 10.6. The van der Waals surface area contributed by atoms with Gasteiger partial charge >= 0.3 is 5.97 Å². The zero-order valence-corrected chi connectivity index (χ0v) is 10.4. The number of carboxylic acids is 1. The van der Waals surface area contributed by atoms with Gasteiger partial charge in [-0.1, -0.05) is 6.92 Å². The van der Waals surface area contributed by atoms with Gasteiger partial charge in [-0.2, -0.15) is 0 Å². The quantitative estimate of drug-likeness (QED) is 0.605. The monoisotopic (exact) mass is 253 g/mol. The van der Waals surface area contributed by atoms with Crippen molar-refractivity contribution in [2.75, 3.05) is 19.7 Å². The number of carbonyl (C=O) groups is 1. The van der Waals surface area contributed by atoms with Crippen LogP contribution < -0.4 is 10.1 Å². The molecular weight excluding hydrogens is 234 g/mol. The second-order valence-corrected chi connectivity index (χ2v) is 3.94. The van der Waals surface area contributed by atoms with Crippen molar-refractivity contribution in [2.24, 2.45) is 0 Å². The molecule has 0 fully saturated rings. The van der Waals surface area contributed by atoms with Crippen LogP contribution in [0.5, 0.6) is 5.75 Å². The van der Waals surface area contributed by atoms with Gasteiger partial charge in [-0.05, 0) is 30.7 Å². The van der Waals surface area contributed by atoms with Crippen LogP contribution >= 0.6 is 0 Å². The molecule has 1 rings (SSSR count). The minimum atomic E-state index is -0.947. The highest BCUT2D eigenvalue weighted by molar-refractivity contribution is 5.87. The number of aliphatic hydroxyl groups excluding tert-OH is 1. The molecular formula is C13H19NO4. The minimum absolute atomic E-state index is 0.242. The SMILES string of the molecule is CCC(O)CNCCOc1ccc(C(=O)O)cc1.